The molecule has 8 heteroatoms. The Hall–Kier alpha value is -0.860. The molecule has 0 aliphatic heterocycles. The molecule has 0 heterocycles. The molecular formula is C9H16ClN3O3S. The number of nitrogens with two attached hydrogens (primary N) is 2. The maximum atomic E-state index is 10.2. The van der Waals surface area contributed by atoms with Crippen molar-refractivity contribution in [2.75, 3.05) is 18.2 Å². The van der Waals surface area contributed by atoms with Gasteiger partial charge in [-0.1, -0.05) is 18.2 Å². The number of halogens is 1. The van der Waals surface area contributed by atoms with Crippen LogP contribution in [0.2, 0.25) is 0 Å². The number of anilines is 1. The molecule has 17 heavy (non-hydrogen) atoms. The van der Waals surface area contributed by atoms with Gasteiger partial charge < -0.3 is 10.8 Å². The number of benzene rings is 1. The summed E-state index contributed by atoms with van der Waals surface area (Å²) < 4.78 is 22.2. The zero-order valence-corrected chi connectivity index (χ0v) is 10.7. The van der Waals surface area contributed by atoms with Gasteiger partial charge in [-0.3, -0.25) is 0 Å². The first-order valence-electron chi connectivity index (χ1n) is 4.67. The fraction of sp³-hybridized carbons (Fsp3) is 0.333. The lowest BCUT2D eigenvalue weighted by Gasteiger charge is -2.05. The normalized spacial score (nSPS) is 12.4. The van der Waals surface area contributed by atoms with Crippen molar-refractivity contribution in [3.05, 3.63) is 30.3 Å². The zero-order chi connectivity index (χ0) is 13.3. The number of hydrogen-bond donors (Lipinski definition) is 4. The first-order chi connectivity index (χ1) is 7.85. The first-order valence-corrected chi connectivity index (χ1v) is 6.75. The van der Waals surface area contributed by atoms with E-state index in [0.29, 0.717) is 0 Å². The molecule has 1 rings (SSSR count). The van der Waals surface area contributed by atoms with Crippen molar-refractivity contribution in [1.82, 2.24) is 4.72 Å². The van der Waals surface area contributed by atoms with Gasteiger partial charge in [0.2, 0.25) is 0 Å². The Morgan fingerprint density at radius 1 is 1.35 bits per heavy atom. The Morgan fingerprint density at radius 3 is 2.18 bits per heavy atom. The van der Waals surface area contributed by atoms with Crippen molar-refractivity contribution >= 4 is 27.5 Å². The minimum absolute atomic E-state index is 0.0253. The van der Waals surface area contributed by atoms with Crippen molar-refractivity contribution in [3.8, 4) is 0 Å². The molecule has 6 N–H and O–H groups in total. The summed E-state index contributed by atoms with van der Waals surface area (Å²) >= 11 is 5.16. The first kappa shape index (κ1) is 16.1. The summed E-state index contributed by atoms with van der Waals surface area (Å²) in [4.78, 5) is 0. The summed E-state index contributed by atoms with van der Waals surface area (Å²) in [6.07, 6.45) is -0.889. The van der Waals surface area contributed by atoms with E-state index in [1.807, 2.05) is 35.1 Å². The quantitative estimate of drug-likeness (QED) is 0.445. The van der Waals surface area contributed by atoms with Crippen molar-refractivity contribution < 1.29 is 13.5 Å². The van der Waals surface area contributed by atoms with Gasteiger partial charge in [-0.15, -0.1) is 11.6 Å². The average molecular weight is 282 g/mol. The van der Waals surface area contributed by atoms with Gasteiger partial charge >= 0.3 is 0 Å². The van der Waals surface area contributed by atoms with Gasteiger partial charge in [0.1, 0.15) is 0 Å². The maximum Gasteiger partial charge on any atom is 0.274 e. The number of rotatable bonds is 4. The molecule has 98 valence electrons. The molecule has 0 radical (unpaired) electrons. The minimum Gasteiger partial charge on any atom is -0.399 e. The van der Waals surface area contributed by atoms with E-state index in [1.54, 1.807) is 0 Å². The molecular weight excluding hydrogens is 266 g/mol. The Labute approximate surface area is 106 Å². The molecule has 0 saturated carbocycles. The monoisotopic (exact) mass is 281 g/mol. The Bertz CT molecular complexity index is 399. The third kappa shape index (κ3) is 11.4. The summed E-state index contributed by atoms with van der Waals surface area (Å²) in [5.74, 6) is -0.0253. The highest BCUT2D eigenvalue weighted by atomic mass is 35.5. The Balaban J connectivity index is 0.000000318. The van der Waals surface area contributed by atoms with Gasteiger partial charge in [0.15, 0.2) is 0 Å². The second-order valence-corrected chi connectivity index (χ2v) is 4.80. The predicted molar refractivity (Wildman–Crippen MR) is 68.7 cm³/mol. The van der Waals surface area contributed by atoms with Crippen LogP contribution in [-0.2, 0) is 10.2 Å². The molecule has 6 nitrogen and oxygen atoms in total. The van der Waals surface area contributed by atoms with Crippen molar-refractivity contribution in [2.45, 2.75) is 6.10 Å². The largest absolute Gasteiger partial charge is 0.399 e. The number of hydrogen-bond acceptors (Lipinski definition) is 4. The van der Waals surface area contributed by atoms with Crippen molar-refractivity contribution in [1.29, 1.82) is 0 Å². The van der Waals surface area contributed by atoms with Crippen LogP contribution in [0.4, 0.5) is 5.69 Å². The highest BCUT2D eigenvalue weighted by Crippen LogP contribution is 1.95. The molecule has 0 aliphatic carbocycles. The molecule has 0 aromatic heterocycles. The predicted octanol–water partition coefficient (Wildman–Crippen LogP) is -0.352. The summed E-state index contributed by atoms with van der Waals surface area (Å²) in [6.45, 7) is -0.150. The number of para-hydroxylation sites is 1. The van der Waals surface area contributed by atoms with E-state index >= 15 is 0 Å². The topological polar surface area (TPSA) is 118 Å². The average Bonchev–Trinajstić information content (AvgIpc) is 2.27. The second-order valence-electron chi connectivity index (χ2n) is 3.11. The van der Waals surface area contributed by atoms with Gasteiger partial charge in [-0.05, 0) is 12.1 Å². The molecule has 0 aliphatic rings. The molecule has 0 fully saturated rings. The number of nitrogen functional groups attached to an aromatic ring is 1. The second kappa shape index (κ2) is 8.26. The van der Waals surface area contributed by atoms with Crippen molar-refractivity contribution in [2.24, 2.45) is 5.14 Å². The molecule has 0 spiro atoms. The van der Waals surface area contributed by atoms with Gasteiger partial charge in [0.05, 0.1) is 6.10 Å². The van der Waals surface area contributed by atoms with Crippen LogP contribution in [0.1, 0.15) is 0 Å². The Morgan fingerprint density at radius 2 is 1.88 bits per heavy atom. The van der Waals surface area contributed by atoms with E-state index in [-0.39, 0.29) is 12.4 Å². The number of aliphatic hydroxyl groups is 1. The number of nitrogens with one attached hydrogen (secondary N) is 1. The van der Waals surface area contributed by atoms with Crippen LogP contribution >= 0.6 is 11.6 Å². The lowest BCUT2D eigenvalue weighted by molar-refractivity contribution is 0.202. The fourth-order valence-electron chi connectivity index (χ4n) is 0.720. The smallest absolute Gasteiger partial charge is 0.274 e. The molecule has 0 bridgehead atoms. The van der Waals surface area contributed by atoms with Crippen LogP contribution in [0.5, 0.6) is 0 Å². The van der Waals surface area contributed by atoms with Crippen LogP contribution < -0.4 is 15.6 Å². The van der Waals surface area contributed by atoms with E-state index in [2.05, 4.69) is 5.14 Å². The third-order valence-electron chi connectivity index (χ3n) is 1.50. The molecule has 1 unspecified atom stereocenters. The highest BCUT2D eigenvalue weighted by molar-refractivity contribution is 7.87. The van der Waals surface area contributed by atoms with E-state index in [1.165, 1.54) is 0 Å². The molecule has 1 aromatic carbocycles. The summed E-state index contributed by atoms with van der Waals surface area (Å²) in [6, 6.07) is 9.49. The molecule has 0 amide bonds. The van der Waals surface area contributed by atoms with Crippen LogP contribution in [0.15, 0.2) is 30.3 Å². The lowest BCUT2D eigenvalue weighted by Crippen LogP contribution is -2.37. The van der Waals surface area contributed by atoms with Gasteiger partial charge in [0.25, 0.3) is 10.2 Å². The molecule has 0 saturated heterocycles. The van der Waals surface area contributed by atoms with E-state index in [4.69, 9.17) is 22.4 Å². The van der Waals surface area contributed by atoms with Gasteiger partial charge in [-0.2, -0.15) is 13.1 Å². The Kier molecular flexibility index (Phi) is 7.85. The summed E-state index contributed by atoms with van der Waals surface area (Å²) in [5.41, 5.74) is 6.18. The lowest BCUT2D eigenvalue weighted by atomic mass is 10.3. The van der Waals surface area contributed by atoms with Crippen LogP contribution in [0, 0.1) is 0 Å². The fourth-order valence-corrected chi connectivity index (χ4v) is 1.25. The SMILES string of the molecule is NS(=O)(=O)NCC(O)CCl.Nc1ccccc1. The highest BCUT2D eigenvalue weighted by Gasteiger charge is 2.05. The maximum absolute atomic E-state index is 10.2. The van der Waals surface area contributed by atoms with Crippen LogP contribution in [0.25, 0.3) is 0 Å². The van der Waals surface area contributed by atoms with Crippen LogP contribution in [0.3, 0.4) is 0 Å². The minimum atomic E-state index is -3.70. The zero-order valence-electron chi connectivity index (χ0n) is 9.08. The van der Waals surface area contributed by atoms with E-state index < -0.39 is 16.3 Å². The number of alkyl halides is 1. The molecule has 1 atom stereocenters. The molecule has 1 aromatic rings. The van der Waals surface area contributed by atoms with E-state index in [9.17, 15) is 8.42 Å². The summed E-state index contributed by atoms with van der Waals surface area (Å²) in [5, 5.41) is 13.3. The van der Waals surface area contributed by atoms with Crippen molar-refractivity contribution in [3.63, 3.8) is 0 Å². The standard InChI is InChI=1S/C6H7N.C3H9ClN2O3S/c7-6-4-2-1-3-5-6;4-1-3(7)2-6-10(5,8)9/h1-5H,7H2;3,6-7H,1-2H2,(H2,5,8,9). The number of aliphatic hydroxyl groups excluding tert-OH is 1. The summed E-state index contributed by atoms with van der Waals surface area (Å²) in [7, 11) is -3.70. The van der Waals surface area contributed by atoms with Crippen LogP contribution in [-0.4, -0.2) is 32.1 Å². The third-order valence-corrected chi connectivity index (χ3v) is 2.42. The van der Waals surface area contributed by atoms with Gasteiger partial charge in [-0.25, -0.2) is 5.14 Å². The van der Waals surface area contributed by atoms with Gasteiger partial charge in [0, 0.05) is 18.1 Å². The van der Waals surface area contributed by atoms with E-state index in [0.717, 1.165) is 5.69 Å².